The van der Waals surface area contributed by atoms with Gasteiger partial charge in [-0.3, -0.25) is 19.4 Å². The lowest BCUT2D eigenvalue weighted by Crippen LogP contribution is -2.32. The van der Waals surface area contributed by atoms with E-state index in [-0.39, 0.29) is 18.2 Å². The van der Waals surface area contributed by atoms with Crippen LogP contribution in [0.3, 0.4) is 0 Å². The van der Waals surface area contributed by atoms with Gasteiger partial charge in [-0.05, 0) is 37.2 Å². The summed E-state index contributed by atoms with van der Waals surface area (Å²) in [7, 11) is 0. The summed E-state index contributed by atoms with van der Waals surface area (Å²) in [6.07, 6.45) is 3.55. The number of nitrogens with one attached hydrogen (secondary N) is 2. The van der Waals surface area contributed by atoms with Gasteiger partial charge in [0.25, 0.3) is 0 Å². The summed E-state index contributed by atoms with van der Waals surface area (Å²) in [5.41, 5.74) is 2.89. The third-order valence-corrected chi connectivity index (χ3v) is 5.57. The number of rotatable bonds is 8. The second-order valence-corrected chi connectivity index (χ2v) is 8.49. The van der Waals surface area contributed by atoms with Gasteiger partial charge < -0.3 is 9.84 Å². The smallest absolute Gasteiger partial charge is 0.249 e. The molecule has 0 aliphatic heterocycles. The molecule has 170 valence electrons. The van der Waals surface area contributed by atoms with Gasteiger partial charge in [0.15, 0.2) is 10.6 Å². The minimum atomic E-state index is -0.408. The molecule has 0 fully saturated rings. The van der Waals surface area contributed by atoms with Crippen molar-refractivity contribution in [2.45, 2.75) is 39.8 Å². The Bertz CT molecular complexity index is 1280. The molecule has 0 aliphatic carbocycles. The lowest BCUT2D eigenvalue weighted by atomic mass is 10.0. The van der Waals surface area contributed by atoms with E-state index in [4.69, 9.17) is 16.7 Å². The van der Waals surface area contributed by atoms with Gasteiger partial charge in [0.1, 0.15) is 6.04 Å². The van der Waals surface area contributed by atoms with Gasteiger partial charge in [-0.25, -0.2) is 0 Å². The fourth-order valence-electron chi connectivity index (χ4n) is 3.40. The van der Waals surface area contributed by atoms with Gasteiger partial charge in [0, 0.05) is 36.5 Å². The van der Waals surface area contributed by atoms with Crippen LogP contribution in [0.1, 0.15) is 37.8 Å². The summed E-state index contributed by atoms with van der Waals surface area (Å²) >= 11 is 5.38. The van der Waals surface area contributed by atoms with Crippen LogP contribution in [0.25, 0.3) is 22.8 Å². The van der Waals surface area contributed by atoms with Crippen LogP contribution in [0.5, 0.6) is 0 Å². The molecule has 4 rings (SSSR count). The summed E-state index contributed by atoms with van der Waals surface area (Å²) < 4.78 is 7.77. The highest BCUT2D eigenvalue weighted by molar-refractivity contribution is 7.71. The Morgan fingerprint density at radius 1 is 1.15 bits per heavy atom. The van der Waals surface area contributed by atoms with E-state index >= 15 is 0 Å². The Hall–Kier alpha value is -3.66. The van der Waals surface area contributed by atoms with E-state index in [1.54, 1.807) is 24.5 Å². The maximum absolute atomic E-state index is 12.8. The molecule has 0 aliphatic rings. The van der Waals surface area contributed by atoms with Crippen molar-refractivity contribution < 1.29 is 9.32 Å². The zero-order valence-corrected chi connectivity index (χ0v) is 19.5. The molecule has 0 spiro atoms. The number of benzene rings is 1. The average molecular weight is 464 g/mol. The first-order valence-corrected chi connectivity index (χ1v) is 11.1. The monoisotopic (exact) mass is 463 g/mol. The quantitative estimate of drug-likeness (QED) is 0.375. The maximum Gasteiger partial charge on any atom is 0.249 e. The number of carbonyl (C=O) groups excluding carboxylic acids is 1. The Balaban J connectivity index is 1.45. The van der Waals surface area contributed by atoms with Gasteiger partial charge in [0.2, 0.25) is 17.6 Å². The molecular formula is C23H25N7O2S. The molecule has 1 amide bonds. The summed E-state index contributed by atoms with van der Waals surface area (Å²) in [6, 6.07) is 11.2. The number of hydrogen-bond donors (Lipinski definition) is 2. The second kappa shape index (κ2) is 9.86. The largest absolute Gasteiger partial charge is 0.344 e. The Labute approximate surface area is 196 Å². The van der Waals surface area contributed by atoms with E-state index < -0.39 is 6.04 Å². The van der Waals surface area contributed by atoms with Crippen LogP contribution in [0.15, 0.2) is 53.3 Å². The normalized spacial score (nSPS) is 12.1. The zero-order chi connectivity index (χ0) is 23.4. The van der Waals surface area contributed by atoms with Crippen molar-refractivity contribution >= 4 is 18.1 Å². The Kier molecular flexibility index (Phi) is 6.74. The number of aromatic nitrogens is 6. The SMILES string of the molecule is Cc1ccc(-c2n[nH]c(=S)n2CCC(=O)NC(c2nc(-c3ccncc3)no2)C(C)C)cc1. The molecule has 0 saturated carbocycles. The number of amides is 1. The fraction of sp³-hybridized carbons (Fsp3) is 0.304. The van der Waals surface area contributed by atoms with Gasteiger partial charge in [0.05, 0.1) is 0 Å². The molecule has 0 saturated heterocycles. The van der Waals surface area contributed by atoms with Gasteiger partial charge in [-0.2, -0.15) is 10.1 Å². The first-order chi connectivity index (χ1) is 15.9. The van der Waals surface area contributed by atoms with Crippen molar-refractivity contribution in [3.63, 3.8) is 0 Å². The van der Waals surface area contributed by atoms with Crippen molar-refractivity contribution in [1.82, 2.24) is 35.2 Å². The van der Waals surface area contributed by atoms with E-state index in [1.807, 2.05) is 49.6 Å². The lowest BCUT2D eigenvalue weighted by Gasteiger charge is -2.18. The third kappa shape index (κ3) is 5.23. The minimum absolute atomic E-state index is 0.0545. The molecule has 33 heavy (non-hydrogen) atoms. The van der Waals surface area contributed by atoms with Crippen LogP contribution in [0.4, 0.5) is 0 Å². The fourth-order valence-corrected chi connectivity index (χ4v) is 3.62. The summed E-state index contributed by atoms with van der Waals surface area (Å²) in [5, 5.41) is 14.2. The van der Waals surface area contributed by atoms with E-state index in [0.29, 0.717) is 28.9 Å². The van der Waals surface area contributed by atoms with Gasteiger partial charge in [-0.15, -0.1) is 0 Å². The highest BCUT2D eigenvalue weighted by atomic mass is 32.1. The number of hydrogen-bond acceptors (Lipinski definition) is 7. The topological polar surface area (TPSA) is 115 Å². The molecule has 10 heteroatoms. The number of aromatic amines is 1. The maximum atomic E-state index is 12.8. The van der Waals surface area contributed by atoms with Gasteiger partial charge >= 0.3 is 0 Å². The number of pyridine rings is 1. The number of aryl methyl sites for hydroxylation is 1. The van der Waals surface area contributed by atoms with Crippen LogP contribution in [-0.2, 0) is 11.3 Å². The van der Waals surface area contributed by atoms with E-state index in [0.717, 1.165) is 16.7 Å². The predicted molar refractivity (Wildman–Crippen MR) is 125 cm³/mol. The van der Waals surface area contributed by atoms with Crippen molar-refractivity contribution in [2.75, 3.05) is 0 Å². The molecule has 4 aromatic rings. The molecule has 0 radical (unpaired) electrons. The molecule has 1 unspecified atom stereocenters. The second-order valence-electron chi connectivity index (χ2n) is 8.10. The molecule has 1 aromatic carbocycles. The van der Waals surface area contributed by atoms with E-state index in [2.05, 4.69) is 30.6 Å². The predicted octanol–water partition coefficient (Wildman–Crippen LogP) is 4.26. The Morgan fingerprint density at radius 3 is 2.58 bits per heavy atom. The van der Waals surface area contributed by atoms with Crippen molar-refractivity contribution in [1.29, 1.82) is 0 Å². The molecule has 2 N–H and O–H groups in total. The number of carbonyl (C=O) groups is 1. The van der Waals surface area contributed by atoms with Crippen LogP contribution >= 0.6 is 12.2 Å². The molecule has 9 nitrogen and oxygen atoms in total. The first kappa shape index (κ1) is 22.5. The molecule has 3 aromatic heterocycles. The van der Waals surface area contributed by atoms with Crippen molar-refractivity contribution in [3.8, 4) is 22.8 Å². The van der Waals surface area contributed by atoms with Crippen LogP contribution < -0.4 is 5.32 Å². The van der Waals surface area contributed by atoms with Crippen LogP contribution in [-0.4, -0.2) is 35.8 Å². The highest BCUT2D eigenvalue weighted by Gasteiger charge is 2.25. The molecule has 1 atom stereocenters. The van der Waals surface area contributed by atoms with Crippen LogP contribution in [0, 0.1) is 17.6 Å². The summed E-state index contributed by atoms with van der Waals surface area (Å²) in [5.74, 6) is 1.44. The standard InChI is InChI=1S/C23H25N7O2S/c1-14(2)19(22-26-20(29-32-22)16-8-11-24-12-9-16)25-18(31)10-13-30-21(27-28-23(30)33)17-6-4-15(3)5-7-17/h4-9,11-12,14,19H,10,13H2,1-3H3,(H,25,31)(H,28,33). The summed E-state index contributed by atoms with van der Waals surface area (Å²) in [4.78, 5) is 21.3. The van der Waals surface area contributed by atoms with Gasteiger partial charge in [-0.1, -0.05) is 48.8 Å². The molecule has 3 heterocycles. The highest BCUT2D eigenvalue weighted by Crippen LogP contribution is 2.24. The number of H-pyrrole nitrogens is 1. The number of nitrogens with zero attached hydrogens (tertiary/aromatic N) is 5. The lowest BCUT2D eigenvalue weighted by molar-refractivity contribution is -0.122. The Morgan fingerprint density at radius 2 is 1.88 bits per heavy atom. The van der Waals surface area contributed by atoms with E-state index in [1.165, 1.54) is 0 Å². The minimum Gasteiger partial charge on any atom is -0.344 e. The molecule has 0 bridgehead atoms. The zero-order valence-electron chi connectivity index (χ0n) is 18.6. The summed E-state index contributed by atoms with van der Waals surface area (Å²) in [6.45, 7) is 6.40. The molecular weight excluding hydrogens is 438 g/mol. The van der Waals surface area contributed by atoms with Crippen LogP contribution in [0.2, 0.25) is 0 Å². The average Bonchev–Trinajstić information content (AvgIpc) is 3.44. The van der Waals surface area contributed by atoms with Crippen molar-refractivity contribution in [2.24, 2.45) is 5.92 Å². The first-order valence-electron chi connectivity index (χ1n) is 10.7. The van der Waals surface area contributed by atoms with E-state index in [9.17, 15) is 4.79 Å². The third-order valence-electron chi connectivity index (χ3n) is 5.26. The van der Waals surface area contributed by atoms with Crippen molar-refractivity contribution in [3.05, 3.63) is 65.0 Å².